The van der Waals surface area contributed by atoms with Crippen LogP contribution in [-0.2, 0) is 32.1 Å². The molecule has 0 heterocycles. The number of para-hydroxylation sites is 1. The van der Waals surface area contributed by atoms with Gasteiger partial charge in [0.15, 0.2) is 0 Å². The highest BCUT2D eigenvalue weighted by atomic mass is 127. The number of hydrogen-bond acceptors (Lipinski definition) is 6. The van der Waals surface area contributed by atoms with Crippen LogP contribution < -0.4 is 10.1 Å². The first kappa shape index (κ1) is 23.7. The van der Waals surface area contributed by atoms with Gasteiger partial charge in [0.2, 0.25) is 0 Å². The van der Waals surface area contributed by atoms with E-state index in [0.717, 1.165) is 5.56 Å². The van der Waals surface area contributed by atoms with E-state index in [4.69, 9.17) is 14.2 Å². The molecule has 0 saturated heterocycles. The number of amides is 1. The Hall–Kier alpha value is -2.62. The lowest BCUT2D eigenvalue weighted by atomic mass is 10.0. The van der Waals surface area contributed by atoms with E-state index >= 15 is 0 Å². The zero-order chi connectivity index (χ0) is 21.9. The van der Waals surface area contributed by atoms with E-state index in [1.54, 1.807) is 38.1 Å². The van der Waals surface area contributed by atoms with Gasteiger partial charge in [-0.1, -0.05) is 62.4 Å². The Kier molecular flexibility index (Phi) is 9.59. The Bertz CT molecular complexity index is 856. The second kappa shape index (κ2) is 12.2. The van der Waals surface area contributed by atoms with Crippen LogP contribution in [0.4, 0.5) is 4.79 Å². The summed E-state index contributed by atoms with van der Waals surface area (Å²) in [6, 6.07) is 15.0. The van der Waals surface area contributed by atoms with Crippen molar-refractivity contribution >= 4 is 40.6 Å². The maximum atomic E-state index is 12.7. The highest BCUT2D eigenvalue weighted by Crippen LogP contribution is 2.20. The lowest BCUT2D eigenvalue weighted by Gasteiger charge is -2.21. The molecule has 2 rings (SSSR count). The predicted octanol–water partition coefficient (Wildman–Crippen LogP) is 4.02. The van der Waals surface area contributed by atoms with E-state index < -0.39 is 24.1 Å². The van der Waals surface area contributed by atoms with Crippen molar-refractivity contribution in [2.24, 2.45) is 5.92 Å². The number of hydrogen-bond donors (Lipinski definition) is 1. The van der Waals surface area contributed by atoms with E-state index in [9.17, 15) is 14.4 Å². The minimum absolute atomic E-state index is 0.0225. The summed E-state index contributed by atoms with van der Waals surface area (Å²) in [7, 11) is 0. The number of alkyl halides is 1. The SMILES string of the molecule is CC(C)[C@H](NC(=O)OCc1ccccc1)C(=O)Oc1ccccc1CC(=O)OCI. The maximum Gasteiger partial charge on any atom is 0.408 e. The molecule has 0 saturated carbocycles. The van der Waals surface area contributed by atoms with Gasteiger partial charge in [-0.15, -0.1) is 0 Å². The van der Waals surface area contributed by atoms with Gasteiger partial charge in [0.25, 0.3) is 0 Å². The number of ether oxygens (including phenoxy) is 3. The molecule has 0 spiro atoms. The standard InChI is InChI=1S/C22H24INO6/c1-15(2)20(24-22(27)28-13-16-8-4-3-5-9-16)21(26)30-18-11-7-6-10-17(18)12-19(25)29-14-23/h3-11,15,20H,12-14H2,1-2H3,(H,24,27)/t20-/m0/s1. The number of carbonyl (C=O) groups excluding carboxylic acids is 3. The molecule has 0 aromatic heterocycles. The van der Waals surface area contributed by atoms with Crippen LogP contribution in [0.3, 0.4) is 0 Å². The first-order chi connectivity index (χ1) is 14.4. The Morgan fingerprint density at radius 2 is 1.63 bits per heavy atom. The van der Waals surface area contributed by atoms with Crippen molar-refractivity contribution in [1.29, 1.82) is 0 Å². The number of carbonyl (C=O) groups is 3. The molecule has 2 aromatic carbocycles. The second-order valence-corrected chi connectivity index (χ2v) is 7.38. The second-order valence-electron chi connectivity index (χ2n) is 6.76. The van der Waals surface area contributed by atoms with Crippen LogP contribution in [0.1, 0.15) is 25.0 Å². The zero-order valence-electron chi connectivity index (χ0n) is 16.8. The molecule has 30 heavy (non-hydrogen) atoms. The largest absolute Gasteiger partial charge is 0.455 e. The van der Waals surface area contributed by atoms with Crippen LogP contribution in [0.5, 0.6) is 5.75 Å². The number of benzene rings is 2. The van der Waals surface area contributed by atoms with Crippen molar-refractivity contribution in [1.82, 2.24) is 5.32 Å². The molecule has 0 aliphatic carbocycles. The van der Waals surface area contributed by atoms with Crippen LogP contribution >= 0.6 is 22.6 Å². The number of halogens is 1. The van der Waals surface area contributed by atoms with Crippen molar-refractivity contribution < 1.29 is 28.6 Å². The van der Waals surface area contributed by atoms with Crippen LogP contribution in [0.15, 0.2) is 54.6 Å². The molecule has 0 aliphatic heterocycles. The van der Waals surface area contributed by atoms with Gasteiger partial charge >= 0.3 is 18.0 Å². The monoisotopic (exact) mass is 525 g/mol. The Morgan fingerprint density at radius 3 is 2.30 bits per heavy atom. The third-order valence-corrected chi connectivity index (χ3v) is 4.45. The van der Waals surface area contributed by atoms with Crippen LogP contribution in [0.2, 0.25) is 0 Å². The van der Waals surface area contributed by atoms with Crippen molar-refractivity contribution in [2.75, 3.05) is 4.61 Å². The molecule has 1 amide bonds. The highest BCUT2D eigenvalue weighted by molar-refractivity contribution is 14.1. The van der Waals surface area contributed by atoms with E-state index in [0.29, 0.717) is 5.56 Å². The molecule has 7 nitrogen and oxygen atoms in total. The van der Waals surface area contributed by atoms with Crippen LogP contribution in [0.25, 0.3) is 0 Å². The molecule has 0 fully saturated rings. The Labute approximate surface area is 189 Å². The summed E-state index contributed by atoms with van der Waals surface area (Å²) in [6.45, 7) is 3.66. The van der Waals surface area contributed by atoms with E-state index in [1.165, 1.54) is 0 Å². The van der Waals surface area contributed by atoms with E-state index in [2.05, 4.69) is 5.32 Å². The van der Waals surface area contributed by atoms with Crippen molar-refractivity contribution in [3.63, 3.8) is 0 Å². The average Bonchev–Trinajstić information content (AvgIpc) is 2.72. The third-order valence-electron chi connectivity index (χ3n) is 4.14. The lowest BCUT2D eigenvalue weighted by molar-refractivity contribution is -0.141. The minimum Gasteiger partial charge on any atom is -0.455 e. The van der Waals surface area contributed by atoms with Crippen LogP contribution in [0, 0.1) is 5.92 Å². The van der Waals surface area contributed by atoms with Crippen LogP contribution in [-0.4, -0.2) is 28.7 Å². The lowest BCUT2D eigenvalue weighted by Crippen LogP contribution is -2.46. The van der Waals surface area contributed by atoms with E-state index in [-0.39, 0.29) is 29.3 Å². The summed E-state index contributed by atoms with van der Waals surface area (Å²) in [6.07, 6.45) is -0.737. The Morgan fingerprint density at radius 1 is 0.967 bits per heavy atom. The number of nitrogens with one attached hydrogen (secondary N) is 1. The predicted molar refractivity (Wildman–Crippen MR) is 119 cm³/mol. The fourth-order valence-electron chi connectivity index (χ4n) is 2.58. The quantitative estimate of drug-likeness (QED) is 0.230. The van der Waals surface area contributed by atoms with Gasteiger partial charge < -0.3 is 19.5 Å². The smallest absolute Gasteiger partial charge is 0.408 e. The molecule has 0 bridgehead atoms. The minimum atomic E-state index is -0.914. The Balaban J connectivity index is 2.00. The van der Waals surface area contributed by atoms with E-state index in [1.807, 2.05) is 52.9 Å². The highest BCUT2D eigenvalue weighted by Gasteiger charge is 2.27. The zero-order valence-corrected chi connectivity index (χ0v) is 19.0. The summed E-state index contributed by atoms with van der Waals surface area (Å²) >= 11 is 1.93. The van der Waals surface area contributed by atoms with Crippen molar-refractivity contribution in [3.05, 3.63) is 65.7 Å². The normalized spacial score (nSPS) is 11.5. The maximum absolute atomic E-state index is 12.7. The summed E-state index contributed by atoms with van der Waals surface area (Å²) in [5.41, 5.74) is 1.36. The topological polar surface area (TPSA) is 90.9 Å². The molecule has 0 aliphatic rings. The molecule has 1 atom stereocenters. The van der Waals surface area contributed by atoms with Gasteiger partial charge in [0.1, 0.15) is 23.0 Å². The van der Waals surface area contributed by atoms with Gasteiger partial charge in [0, 0.05) is 5.56 Å². The summed E-state index contributed by atoms with van der Waals surface area (Å²) in [5.74, 6) is -1.05. The molecule has 0 radical (unpaired) electrons. The summed E-state index contributed by atoms with van der Waals surface area (Å²) < 4.78 is 15.9. The van der Waals surface area contributed by atoms with Gasteiger partial charge in [0.05, 0.1) is 6.42 Å². The molecular weight excluding hydrogens is 501 g/mol. The number of esters is 2. The molecule has 160 valence electrons. The van der Waals surface area contributed by atoms with Crippen molar-refractivity contribution in [2.45, 2.75) is 32.9 Å². The fourth-order valence-corrected chi connectivity index (χ4v) is 2.93. The van der Waals surface area contributed by atoms with Gasteiger partial charge in [-0.25, -0.2) is 9.59 Å². The average molecular weight is 525 g/mol. The number of alkyl carbamates (subject to hydrolysis) is 1. The molecule has 8 heteroatoms. The van der Waals surface area contributed by atoms with Gasteiger partial charge in [-0.05, 0) is 40.1 Å². The summed E-state index contributed by atoms with van der Waals surface area (Å²) in [4.78, 5) is 36.7. The summed E-state index contributed by atoms with van der Waals surface area (Å²) in [5, 5.41) is 2.56. The van der Waals surface area contributed by atoms with Gasteiger partial charge in [-0.2, -0.15) is 0 Å². The third kappa shape index (κ3) is 7.66. The fraction of sp³-hybridized carbons (Fsp3) is 0.318. The molecule has 1 N–H and O–H groups in total. The first-order valence-corrected chi connectivity index (χ1v) is 10.9. The van der Waals surface area contributed by atoms with Gasteiger partial charge in [-0.3, -0.25) is 4.79 Å². The van der Waals surface area contributed by atoms with Crippen molar-refractivity contribution in [3.8, 4) is 5.75 Å². The first-order valence-electron chi connectivity index (χ1n) is 9.39. The molecular formula is C22H24INO6. The molecule has 0 unspecified atom stereocenters. The molecule has 2 aromatic rings. The number of rotatable bonds is 9.